The molecule has 1 spiro atoms. The van der Waals surface area contributed by atoms with Crippen LogP contribution in [0.2, 0.25) is 0 Å². The number of Topliss-reactive ketones (excluding diaryl/α,β-unsaturated/α-hetero) is 1. The second-order valence-electron chi connectivity index (χ2n) is 10.5. The molecule has 0 amide bonds. The molecule has 2 atom stereocenters. The van der Waals surface area contributed by atoms with Crippen molar-refractivity contribution < 1.29 is 30.8 Å². The smallest absolute Gasteiger partial charge is 0.262 e. The average molecular weight is 620 g/mol. The molecule has 0 bridgehead atoms. The van der Waals surface area contributed by atoms with Crippen molar-refractivity contribution in [1.29, 1.82) is 0 Å². The van der Waals surface area contributed by atoms with Crippen LogP contribution in [0.5, 0.6) is 5.75 Å². The third-order valence-corrected chi connectivity index (χ3v) is 12.4. The number of guanidine groups is 1. The van der Waals surface area contributed by atoms with E-state index in [4.69, 9.17) is 10.5 Å². The fourth-order valence-corrected chi connectivity index (χ4v) is 9.24. The number of aryl methyl sites for hydroxylation is 1. The molecule has 0 aliphatic carbocycles. The molecule has 0 unspecified atom stereocenters. The zero-order valence-corrected chi connectivity index (χ0v) is 25.0. The zero-order valence-electron chi connectivity index (χ0n) is 23.4. The van der Waals surface area contributed by atoms with E-state index < -0.39 is 42.7 Å². The Labute approximate surface area is 242 Å². The number of sulfonamides is 2. The summed E-state index contributed by atoms with van der Waals surface area (Å²) in [4.78, 5) is 25.5. The summed E-state index contributed by atoms with van der Waals surface area (Å²) in [5.41, 5.74) is 4.61. The van der Waals surface area contributed by atoms with Gasteiger partial charge < -0.3 is 15.0 Å². The van der Waals surface area contributed by atoms with Gasteiger partial charge in [0.25, 0.3) is 10.0 Å². The molecule has 0 saturated carbocycles. The first kappa shape index (κ1) is 29.6. The summed E-state index contributed by atoms with van der Waals surface area (Å²) in [7, 11) is -4.28. The standard InChI is InChI=1S/C26H30FN7O6S2/c1-25(19-11-17(5-7-20(19)27)12-22(35)21-8-6-18(40-4)13-29-21)26(42(38,39)33(3)24(28)31-25)9-10-34(15-26)41(36,37)23-14-32(2)16-30-23/h5-8,11,13-14,16H,9-10,12,15H2,1-4H3,(H2,28,31)/t25-,26-/m1/s1. The lowest BCUT2D eigenvalue weighted by Gasteiger charge is -2.48. The van der Waals surface area contributed by atoms with E-state index in [2.05, 4.69) is 15.0 Å². The normalized spacial score (nSPS) is 24.1. The molecule has 4 heterocycles. The number of hydrogen-bond acceptors (Lipinski definition) is 10. The minimum atomic E-state index is -4.39. The predicted octanol–water partition coefficient (Wildman–Crippen LogP) is 1.03. The number of carbonyl (C=O) groups excluding carboxylic acids is 1. The van der Waals surface area contributed by atoms with E-state index in [0.717, 1.165) is 14.7 Å². The quantitative estimate of drug-likeness (QED) is 0.380. The van der Waals surface area contributed by atoms with Gasteiger partial charge in [-0.05, 0) is 43.2 Å². The number of halogens is 1. The number of carbonyl (C=O) groups is 1. The number of hydrogen-bond donors (Lipinski definition) is 1. The highest BCUT2D eigenvalue weighted by molar-refractivity contribution is 7.91. The van der Waals surface area contributed by atoms with Gasteiger partial charge in [0.2, 0.25) is 16.0 Å². The second kappa shape index (κ2) is 10.1. The average Bonchev–Trinajstić information content (AvgIpc) is 3.62. The van der Waals surface area contributed by atoms with Crippen molar-refractivity contribution in [1.82, 2.24) is 23.1 Å². The summed E-state index contributed by atoms with van der Waals surface area (Å²) in [6.07, 6.45) is 3.68. The minimum absolute atomic E-state index is 0.132. The van der Waals surface area contributed by atoms with Crippen LogP contribution in [0.1, 0.15) is 35.0 Å². The van der Waals surface area contributed by atoms with E-state index >= 15 is 4.39 Å². The Kier molecular flexibility index (Phi) is 7.14. The maximum Gasteiger partial charge on any atom is 0.262 e. The maximum absolute atomic E-state index is 15.7. The summed E-state index contributed by atoms with van der Waals surface area (Å²) in [5.74, 6) is -1.04. The van der Waals surface area contributed by atoms with Crippen LogP contribution in [0, 0.1) is 5.82 Å². The van der Waals surface area contributed by atoms with Crippen molar-refractivity contribution in [3.63, 3.8) is 0 Å². The Morgan fingerprint density at radius 3 is 2.55 bits per heavy atom. The lowest BCUT2D eigenvalue weighted by atomic mass is 9.77. The van der Waals surface area contributed by atoms with Crippen LogP contribution in [-0.2, 0) is 39.1 Å². The monoisotopic (exact) mass is 619 g/mol. The minimum Gasteiger partial charge on any atom is -0.495 e. The summed E-state index contributed by atoms with van der Waals surface area (Å²) in [5, 5.41) is -0.243. The Morgan fingerprint density at radius 2 is 1.93 bits per heavy atom. The molecule has 1 aromatic carbocycles. The van der Waals surface area contributed by atoms with Gasteiger partial charge in [0.1, 0.15) is 27.5 Å². The van der Waals surface area contributed by atoms with Crippen molar-refractivity contribution >= 4 is 31.8 Å². The number of methoxy groups -OCH3 is 1. The third kappa shape index (κ3) is 4.44. The highest BCUT2D eigenvalue weighted by atomic mass is 32.2. The van der Waals surface area contributed by atoms with E-state index in [0.29, 0.717) is 11.3 Å². The van der Waals surface area contributed by atoms with Crippen molar-refractivity contribution in [2.24, 2.45) is 17.8 Å². The first-order valence-electron chi connectivity index (χ1n) is 12.8. The fourth-order valence-electron chi connectivity index (χ4n) is 5.56. The Balaban J connectivity index is 1.58. The summed E-state index contributed by atoms with van der Waals surface area (Å²) in [6, 6.07) is 7.02. The Morgan fingerprint density at radius 1 is 1.19 bits per heavy atom. The van der Waals surface area contributed by atoms with Crippen LogP contribution in [0.15, 0.2) is 59.1 Å². The molecule has 224 valence electrons. The first-order valence-corrected chi connectivity index (χ1v) is 15.7. The highest BCUT2D eigenvalue weighted by Gasteiger charge is 2.67. The Hall–Kier alpha value is -3.89. The molecule has 0 radical (unpaired) electrons. The molecule has 1 fully saturated rings. The lowest BCUT2D eigenvalue weighted by molar-refractivity contribution is 0.0988. The van der Waals surface area contributed by atoms with Gasteiger partial charge in [-0.3, -0.25) is 4.79 Å². The van der Waals surface area contributed by atoms with Crippen molar-refractivity contribution in [3.8, 4) is 5.75 Å². The molecule has 3 aromatic rings. The number of nitrogens with zero attached hydrogens (tertiary/aromatic N) is 6. The molecule has 13 nitrogen and oxygen atoms in total. The largest absolute Gasteiger partial charge is 0.495 e. The third-order valence-electron chi connectivity index (χ3n) is 8.06. The van der Waals surface area contributed by atoms with Gasteiger partial charge in [-0.1, -0.05) is 6.07 Å². The molecule has 5 rings (SSSR count). The molecule has 2 aromatic heterocycles. The van der Waals surface area contributed by atoms with Gasteiger partial charge >= 0.3 is 0 Å². The topological polar surface area (TPSA) is 170 Å². The zero-order chi connectivity index (χ0) is 30.7. The van der Waals surface area contributed by atoms with Crippen molar-refractivity contribution in [2.75, 3.05) is 27.2 Å². The van der Waals surface area contributed by atoms with E-state index in [1.54, 1.807) is 13.1 Å². The number of aliphatic imine (C=N–C) groups is 1. The Bertz CT molecular complexity index is 1810. The number of ether oxygens (including phenoxy) is 1. The SMILES string of the molecule is COc1ccc(C(=O)Cc2ccc(F)c([C@@]3(C)N=C(N)N(C)S(=O)(=O)[C@@]34CCN(S(=O)(=O)c3cn(C)cn3)C4)c2)nc1. The summed E-state index contributed by atoms with van der Waals surface area (Å²) in [6.45, 7) is 0.723. The highest BCUT2D eigenvalue weighted by Crippen LogP contribution is 2.52. The molecule has 2 N–H and O–H groups in total. The molecule has 1 saturated heterocycles. The van der Waals surface area contributed by atoms with Crippen LogP contribution >= 0.6 is 0 Å². The number of nitrogens with two attached hydrogens (primary N) is 1. The van der Waals surface area contributed by atoms with E-state index in [1.807, 2.05) is 0 Å². The molecular formula is C26H30FN7O6S2. The number of ketones is 1. The second-order valence-corrected chi connectivity index (χ2v) is 14.6. The first-order chi connectivity index (χ1) is 19.7. The van der Waals surface area contributed by atoms with Gasteiger partial charge in [-0.2, -0.15) is 4.31 Å². The number of imidazole rings is 1. The van der Waals surface area contributed by atoms with Crippen LogP contribution in [0.3, 0.4) is 0 Å². The molecule has 42 heavy (non-hydrogen) atoms. The van der Waals surface area contributed by atoms with Crippen LogP contribution in [0.4, 0.5) is 4.39 Å². The van der Waals surface area contributed by atoms with Crippen LogP contribution in [-0.4, -0.2) is 83.7 Å². The number of aromatic nitrogens is 3. The van der Waals surface area contributed by atoms with Crippen LogP contribution < -0.4 is 10.5 Å². The summed E-state index contributed by atoms with van der Waals surface area (Å²) < 4.78 is 77.2. The lowest BCUT2D eigenvalue weighted by Crippen LogP contribution is -2.66. The summed E-state index contributed by atoms with van der Waals surface area (Å²) >= 11 is 0. The number of pyridine rings is 1. The number of benzene rings is 1. The van der Waals surface area contributed by atoms with Gasteiger partial charge in [0.15, 0.2) is 10.8 Å². The van der Waals surface area contributed by atoms with E-state index in [9.17, 15) is 21.6 Å². The number of rotatable bonds is 7. The predicted molar refractivity (Wildman–Crippen MR) is 150 cm³/mol. The van der Waals surface area contributed by atoms with Crippen LogP contribution in [0.25, 0.3) is 0 Å². The molecular weight excluding hydrogens is 589 g/mol. The molecule has 16 heteroatoms. The van der Waals surface area contributed by atoms with E-state index in [1.165, 1.54) is 62.6 Å². The van der Waals surface area contributed by atoms with Gasteiger partial charge in [0.05, 0.1) is 19.6 Å². The van der Waals surface area contributed by atoms with Crippen molar-refractivity contribution in [3.05, 3.63) is 71.7 Å². The molecule has 2 aliphatic heterocycles. The van der Waals surface area contributed by atoms with Gasteiger partial charge in [-0.15, -0.1) is 0 Å². The maximum atomic E-state index is 15.7. The van der Waals surface area contributed by atoms with Gasteiger partial charge in [-0.25, -0.2) is 40.5 Å². The fraction of sp³-hybridized carbons (Fsp3) is 0.385. The van der Waals surface area contributed by atoms with E-state index in [-0.39, 0.29) is 47.4 Å². The van der Waals surface area contributed by atoms with Gasteiger partial charge in [0, 0.05) is 45.4 Å². The van der Waals surface area contributed by atoms with Crippen molar-refractivity contribution in [2.45, 2.75) is 35.1 Å². The molecule has 2 aliphatic rings.